The molecule has 1 amide bonds. The lowest BCUT2D eigenvalue weighted by molar-refractivity contribution is -0.138. The van der Waals surface area contributed by atoms with Crippen molar-refractivity contribution < 1.29 is 14.7 Å². The van der Waals surface area contributed by atoms with Crippen LogP contribution in [0.15, 0.2) is 59.8 Å². The molecule has 0 saturated carbocycles. The largest absolute Gasteiger partial charge is 0.481 e. The third-order valence-corrected chi connectivity index (χ3v) is 6.83. The van der Waals surface area contributed by atoms with Crippen molar-refractivity contribution in [3.8, 4) is 11.1 Å². The van der Waals surface area contributed by atoms with E-state index >= 15 is 0 Å². The molecule has 0 aliphatic rings. The third-order valence-electron chi connectivity index (χ3n) is 6.83. The molecule has 2 heterocycles. The molecule has 4 rings (SSSR count). The van der Waals surface area contributed by atoms with E-state index in [2.05, 4.69) is 15.3 Å². The summed E-state index contributed by atoms with van der Waals surface area (Å²) in [6, 6.07) is 11.6. The highest BCUT2D eigenvalue weighted by Crippen LogP contribution is 2.34. The fraction of sp³-hybridized carbons (Fsp3) is 0.333. The number of carboxylic acids is 1. The SMILES string of the molecule is Cc1ccn([C@H](CC(C)C)C(=O)N[C@H](CC(=O)O)c2cc(-c3c(C)cccc3C)cc3[nH]cnc23)c(=O)c1. The lowest BCUT2D eigenvalue weighted by Crippen LogP contribution is -2.40. The standard InChI is InChI=1S/C30H34N4O4/c1-17(2)11-25(34-10-9-18(3)12-26(34)35)30(38)33-23(15-27(36)37)22-13-21(14-24-29(22)32-16-31-24)28-19(4)7-6-8-20(28)5/h6-10,12-14,16-17,23,25H,11,15H2,1-5H3,(H,31,32)(H,33,38)(H,36,37)/t23-,25-/m1/s1. The first-order chi connectivity index (χ1) is 18.0. The minimum Gasteiger partial charge on any atom is -0.481 e. The van der Waals surface area contributed by atoms with Crippen LogP contribution in [0.25, 0.3) is 22.2 Å². The Hall–Kier alpha value is -4.20. The van der Waals surface area contributed by atoms with Crippen LogP contribution in [0.4, 0.5) is 0 Å². The van der Waals surface area contributed by atoms with Gasteiger partial charge in [-0.2, -0.15) is 0 Å². The van der Waals surface area contributed by atoms with Gasteiger partial charge in [0.15, 0.2) is 0 Å². The summed E-state index contributed by atoms with van der Waals surface area (Å²) in [6.07, 6.45) is 3.29. The van der Waals surface area contributed by atoms with E-state index in [1.807, 2.05) is 65.0 Å². The van der Waals surface area contributed by atoms with E-state index < -0.39 is 24.0 Å². The number of hydrogen-bond donors (Lipinski definition) is 3. The van der Waals surface area contributed by atoms with Crippen molar-refractivity contribution in [1.82, 2.24) is 19.9 Å². The molecular formula is C30H34N4O4. The second-order valence-corrected chi connectivity index (χ2v) is 10.4. The number of nitrogens with one attached hydrogen (secondary N) is 2. The van der Waals surface area contributed by atoms with Crippen molar-refractivity contribution in [1.29, 1.82) is 0 Å². The number of carboxylic acid groups (broad SMARTS) is 1. The fourth-order valence-corrected chi connectivity index (χ4v) is 5.08. The number of aryl methyl sites for hydroxylation is 3. The number of fused-ring (bicyclic) bond motifs is 1. The number of carbonyl (C=O) groups is 2. The van der Waals surface area contributed by atoms with Crippen molar-refractivity contribution >= 4 is 22.9 Å². The normalized spacial score (nSPS) is 13.0. The summed E-state index contributed by atoms with van der Waals surface area (Å²) in [5.41, 5.74) is 6.62. The van der Waals surface area contributed by atoms with Gasteiger partial charge >= 0.3 is 5.97 Å². The topological polar surface area (TPSA) is 117 Å². The number of hydrogen-bond acceptors (Lipinski definition) is 4. The van der Waals surface area contributed by atoms with Crippen LogP contribution >= 0.6 is 0 Å². The molecule has 0 aliphatic carbocycles. The van der Waals surface area contributed by atoms with E-state index in [0.29, 0.717) is 17.5 Å². The van der Waals surface area contributed by atoms with Crippen molar-refractivity contribution in [2.45, 2.75) is 59.5 Å². The molecule has 2 aromatic carbocycles. The van der Waals surface area contributed by atoms with E-state index in [-0.39, 0.29) is 17.9 Å². The molecule has 0 saturated heterocycles. The number of carbonyl (C=O) groups excluding carboxylic acids is 1. The molecule has 0 unspecified atom stereocenters. The number of aromatic nitrogens is 3. The van der Waals surface area contributed by atoms with Crippen LogP contribution in [0.5, 0.6) is 0 Å². The number of amides is 1. The summed E-state index contributed by atoms with van der Waals surface area (Å²) in [4.78, 5) is 46.1. The number of pyridine rings is 1. The molecule has 0 aliphatic heterocycles. The van der Waals surface area contributed by atoms with Gasteiger partial charge in [0.05, 0.1) is 29.8 Å². The number of H-pyrrole nitrogens is 1. The molecule has 2 aromatic heterocycles. The average Bonchev–Trinajstić information content (AvgIpc) is 3.30. The first-order valence-corrected chi connectivity index (χ1v) is 12.8. The number of rotatable bonds is 9. The average molecular weight is 515 g/mol. The highest BCUT2D eigenvalue weighted by Gasteiger charge is 2.28. The summed E-state index contributed by atoms with van der Waals surface area (Å²) in [7, 11) is 0. The molecular weight excluding hydrogens is 480 g/mol. The number of nitrogens with zero attached hydrogens (tertiary/aromatic N) is 2. The minimum absolute atomic E-state index is 0.127. The Morgan fingerprint density at radius 2 is 1.79 bits per heavy atom. The minimum atomic E-state index is -1.05. The zero-order valence-corrected chi connectivity index (χ0v) is 22.4. The molecule has 8 heteroatoms. The first-order valence-electron chi connectivity index (χ1n) is 12.8. The Morgan fingerprint density at radius 1 is 1.08 bits per heavy atom. The molecule has 0 spiro atoms. The number of benzene rings is 2. The summed E-state index contributed by atoms with van der Waals surface area (Å²) in [5, 5.41) is 12.8. The van der Waals surface area contributed by atoms with Gasteiger partial charge in [0.25, 0.3) is 5.56 Å². The Balaban J connectivity index is 1.81. The predicted molar refractivity (Wildman–Crippen MR) is 148 cm³/mol. The van der Waals surface area contributed by atoms with Crippen LogP contribution in [0, 0.1) is 26.7 Å². The second-order valence-electron chi connectivity index (χ2n) is 10.4. The maximum absolute atomic E-state index is 13.7. The number of aliphatic carboxylic acids is 1. The Labute approximate surface area is 221 Å². The van der Waals surface area contributed by atoms with Gasteiger partial charge < -0.3 is 20.0 Å². The van der Waals surface area contributed by atoms with Gasteiger partial charge in [-0.1, -0.05) is 32.0 Å². The number of imidazole rings is 1. The van der Waals surface area contributed by atoms with Crippen molar-refractivity contribution in [2.75, 3.05) is 0 Å². The Morgan fingerprint density at radius 3 is 2.42 bits per heavy atom. The van der Waals surface area contributed by atoms with Crippen LogP contribution in [0.3, 0.4) is 0 Å². The van der Waals surface area contributed by atoms with E-state index in [4.69, 9.17) is 0 Å². The maximum atomic E-state index is 13.7. The highest BCUT2D eigenvalue weighted by molar-refractivity contribution is 5.88. The number of aromatic amines is 1. The molecule has 198 valence electrons. The Kier molecular flexibility index (Phi) is 7.80. The lowest BCUT2D eigenvalue weighted by atomic mass is 9.91. The van der Waals surface area contributed by atoms with Gasteiger partial charge in [-0.15, -0.1) is 0 Å². The fourth-order valence-electron chi connectivity index (χ4n) is 5.08. The van der Waals surface area contributed by atoms with Crippen LogP contribution in [-0.4, -0.2) is 31.5 Å². The molecule has 0 fully saturated rings. The molecule has 4 aromatic rings. The van der Waals surface area contributed by atoms with E-state index in [1.54, 1.807) is 18.6 Å². The lowest BCUT2D eigenvalue weighted by Gasteiger charge is -2.25. The van der Waals surface area contributed by atoms with Gasteiger partial charge in [-0.3, -0.25) is 14.4 Å². The zero-order valence-electron chi connectivity index (χ0n) is 22.4. The van der Waals surface area contributed by atoms with Gasteiger partial charge in [0, 0.05) is 17.8 Å². The molecule has 38 heavy (non-hydrogen) atoms. The monoisotopic (exact) mass is 514 g/mol. The van der Waals surface area contributed by atoms with Gasteiger partial charge in [-0.25, -0.2) is 4.98 Å². The molecule has 0 radical (unpaired) electrons. The highest BCUT2D eigenvalue weighted by atomic mass is 16.4. The third kappa shape index (κ3) is 5.69. The van der Waals surface area contributed by atoms with Crippen LogP contribution < -0.4 is 10.9 Å². The summed E-state index contributed by atoms with van der Waals surface area (Å²) >= 11 is 0. The second kappa shape index (κ2) is 11.0. The van der Waals surface area contributed by atoms with Crippen LogP contribution in [-0.2, 0) is 9.59 Å². The van der Waals surface area contributed by atoms with E-state index in [0.717, 1.165) is 33.3 Å². The Bertz CT molecular complexity index is 1530. The van der Waals surface area contributed by atoms with Gasteiger partial charge in [0.1, 0.15) is 6.04 Å². The van der Waals surface area contributed by atoms with Gasteiger partial charge in [-0.05, 0) is 79.1 Å². The first kappa shape index (κ1) is 26.9. The van der Waals surface area contributed by atoms with E-state index in [9.17, 15) is 19.5 Å². The van der Waals surface area contributed by atoms with Crippen molar-refractivity contribution in [3.63, 3.8) is 0 Å². The molecule has 8 nitrogen and oxygen atoms in total. The maximum Gasteiger partial charge on any atom is 0.305 e. The smallest absolute Gasteiger partial charge is 0.305 e. The summed E-state index contributed by atoms with van der Waals surface area (Å²) < 4.78 is 1.43. The molecule has 0 bridgehead atoms. The molecule has 2 atom stereocenters. The van der Waals surface area contributed by atoms with Crippen LogP contribution in [0.2, 0.25) is 0 Å². The van der Waals surface area contributed by atoms with Crippen LogP contribution in [0.1, 0.15) is 61.0 Å². The van der Waals surface area contributed by atoms with Gasteiger partial charge in [0.2, 0.25) is 5.91 Å². The molecule has 3 N–H and O–H groups in total. The zero-order chi connectivity index (χ0) is 27.6. The predicted octanol–water partition coefficient (Wildman–Crippen LogP) is 5.24. The van der Waals surface area contributed by atoms with Crippen molar-refractivity contribution in [2.24, 2.45) is 5.92 Å². The van der Waals surface area contributed by atoms with Crippen molar-refractivity contribution in [3.05, 3.63) is 87.6 Å². The summed E-state index contributed by atoms with van der Waals surface area (Å²) in [5.74, 6) is -1.33. The summed E-state index contributed by atoms with van der Waals surface area (Å²) in [6.45, 7) is 9.85. The van der Waals surface area contributed by atoms with E-state index in [1.165, 1.54) is 10.6 Å². The quantitative estimate of drug-likeness (QED) is 0.283.